The van der Waals surface area contributed by atoms with Gasteiger partial charge in [0.25, 0.3) is 5.91 Å². The summed E-state index contributed by atoms with van der Waals surface area (Å²) < 4.78 is 0. The van der Waals surface area contributed by atoms with Crippen LogP contribution in [0.4, 0.5) is 0 Å². The first-order valence-corrected chi connectivity index (χ1v) is 7.00. The molecular formula is C13H19NO2S. The van der Waals surface area contributed by atoms with Crippen molar-refractivity contribution in [3.63, 3.8) is 0 Å². The van der Waals surface area contributed by atoms with Gasteiger partial charge in [-0.1, -0.05) is 6.92 Å². The number of thiophene rings is 1. The van der Waals surface area contributed by atoms with Crippen molar-refractivity contribution in [2.24, 2.45) is 0 Å². The van der Waals surface area contributed by atoms with Gasteiger partial charge in [0.1, 0.15) is 0 Å². The number of amides is 1. The summed E-state index contributed by atoms with van der Waals surface area (Å²) in [5, 5.41) is 9.25. The number of carbonyl (C=O) groups excluding carboxylic acids is 1. The van der Waals surface area contributed by atoms with Gasteiger partial charge in [-0.3, -0.25) is 4.79 Å². The van der Waals surface area contributed by atoms with E-state index in [0.29, 0.717) is 0 Å². The zero-order valence-electron chi connectivity index (χ0n) is 10.4. The summed E-state index contributed by atoms with van der Waals surface area (Å²) in [5.41, 5.74) is 1.21. The van der Waals surface area contributed by atoms with E-state index >= 15 is 0 Å². The fourth-order valence-electron chi connectivity index (χ4n) is 2.41. The molecule has 0 unspecified atom stereocenters. The number of nitrogens with zero attached hydrogens (tertiary/aromatic N) is 1. The minimum atomic E-state index is 0.0231. The number of aliphatic hydroxyl groups is 1. The molecule has 1 aromatic heterocycles. The van der Waals surface area contributed by atoms with Gasteiger partial charge in [0, 0.05) is 11.4 Å². The predicted molar refractivity (Wildman–Crippen MR) is 69.6 cm³/mol. The van der Waals surface area contributed by atoms with Crippen LogP contribution in [-0.4, -0.2) is 35.1 Å². The Labute approximate surface area is 106 Å². The predicted octanol–water partition coefficient (Wildman–Crippen LogP) is 2.22. The SMILES string of the molecule is CCc1sc(C(=O)N2CCC[C@@H]2CO)cc1C. The van der Waals surface area contributed by atoms with Crippen LogP contribution in [0.2, 0.25) is 0 Å². The summed E-state index contributed by atoms with van der Waals surface area (Å²) in [7, 11) is 0. The Kier molecular flexibility index (Phi) is 3.84. The second-order valence-corrected chi connectivity index (χ2v) is 5.68. The number of hydrogen-bond acceptors (Lipinski definition) is 3. The Morgan fingerprint density at radius 1 is 1.65 bits per heavy atom. The van der Waals surface area contributed by atoms with Crippen molar-refractivity contribution in [1.29, 1.82) is 0 Å². The molecule has 3 nitrogen and oxygen atoms in total. The molecule has 94 valence electrons. The molecule has 1 atom stereocenters. The average Bonchev–Trinajstić information content (AvgIpc) is 2.93. The highest BCUT2D eigenvalue weighted by Gasteiger charge is 2.29. The van der Waals surface area contributed by atoms with E-state index in [1.54, 1.807) is 11.3 Å². The fourth-order valence-corrected chi connectivity index (χ4v) is 3.48. The Morgan fingerprint density at radius 2 is 2.41 bits per heavy atom. The zero-order chi connectivity index (χ0) is 12.4. The van der Waals surface area contributed by atoms with Crippen molar-refractivity contribution in [3.05, 3.63) is 21.4 Å². The van der Waals surface area contributed by atoms with Gasteiger partial charge in [-0.05, 0) is 37.8 Å². The van der Waals surface area contributed by atoms with E-state index in [-0.39, 0.29) is 18.6 Å². The third-order valence-electron chi connectivity index (χ3n) is 3.40. The van der Waals surface area contributed by atoms with E-state index < -0.39 is 0 Å². The monoisotopic (exact) mass is 253 g/mol. The van der Waals surface area contributed by atoms with E-state index in [1.165, 1.54) is 10.4 Å². The van der Waals surface area contributed by atoms with Gasteiger partial charge < -0.3 is 10.0 Å². The molecule has 2 heterocycles. The van der Waals surface area contributed by atoms with Gasteiger partial charge in [-0.15, -0.1) is 11.3 Å². The minimum Gasteiger partial charge on any atom is -0.394 e. The van der Waals surface area contributed by atoms with Crippen LogP contribution in [-0.2, 0) is 6.42 Å². The molecule has 0 saturated carbocycles. The van der Waals surface area contributed by atoms with Crippen LogP contribution in [0.1, 0.15) is 39.9 Å². The maximum atomic E-state index is 12.3. The number of carbonyl (C=O) groups is 1. The van der Waals surface area contributed by atoms with Crippen molar-refractivity contribution >= 4 is 17.2 Å². The molecule has 4 heteroatoms. The van der Waals surface area contributed by atoms with Gasteiger partial charge in [-0.2, -0.15) is 0 Å². The van der Waals surface area contributed by atoms with Crippen LogP contribution in [0.5, 0.6) is 0 Å². The second-order valence-electron chi connectivity index (χ2n) is 4.55. The molecule has 1 aliphatic rings. The highest BCUT2D eigenvalue weighted by atomic mass is 32.1. The van der Waals surface area contributed by atoms with Crippen molar-refractivity contribution in [3.8, 4) is 0 Å². The van der Waals surface area contributed by atoms with Crippen LogP contribution in [0.25, 0.3) is 0 Å². The van der Waals surface area contributed by atoms with Gasteiger partial charge in [0.05, 0.1) is 17.5 Å². The van der Waals surface area contributed by atoms with E-state index in [2.05, 4.69) is 13.8 Å². The van der Waals surface area contributed by atoms with E-state index in [1.807, 2.05) is 11.0 Å². The quantitative estimate of drug-likeness (QED) is 0.897. The van der Waals surface area contributed by atoms with Gasteiger partial charge >= 0.3 is 0 Å². The maximum Gasteiger partial charge on any atom is 0.264 e. The molecule has 1 aromatic rings. The van der Waals surface area contributed by atoms with Gasteiger partial charge in [0.15, 0.2) is 0 Å². The van der Waals surface area contributed by atoms with E-state index in [0.717, 1.165) is 30.7 Å². The van der Waals surface area contributed by atoms with Crippen molar-refractivity contribution < 1.29 is 9.90 Å². The lowest BCUT2D eigenvalue weighted by Gasteiger charge is -2.22. The lowest BCUT2D eigenvalue weighted by molar-refractivity contribution is 0.0682. The van der Waals surface area contributed by atoms with E-state index in [9.17, 15) is 9.90 Å². The number of aliphatic hydroxyl groups excluding tert-OH is 1. The molecule has 1 aliphatic heterocycles. The molecule has 0 bridgehead atoms. The highest BCUT2D eigenvalue weighted by Crippen LogP contribution is 2.26. The van der Waals surface area contributed by atoms with Crippen LogP contribution in [0.15, 0.2) is 6.07 Å². The summed E-state index contributed by atoms with van der Waals surface area (Å²) in [6, 6.07) is 2.01. The normalized spacial score (nSPS) is 19.9. The molecule has 0 aromatic carbocycles. The lowest BCUT2D eigenvalue weighted by Crippen LogP contribution is -2.37. The first-order valence-electron chi connectivity index (χ1n) is 6.18. The number of likely N-dealkylation sites (tertiary alicyclic amines) is 1. The first kappa shape index (κ1) is 12.6. The van der Waals surface area contributed by atoms with Crippen LogP contribution >= 0.6 is 11.3 Å². The van der Waals surface area contributed by atoms with Crippen molar-refractivity contribution in [2.75, 3.05) is 13.2 Å². The first-order chi connectivity index (χ1) is 8.17. The van der Waals surface area contributed by atoms with Crippen molar-refractivity contribution in [1.82, 2.24) is 4.90 Å². The lowest BCUT2D eigenvalue weighted by atomic mass is 10.2. The van der Waals surface area contributed by atoms with Gasteiger partial charge in [-0.25, -0.2) is 0 Å². The number of aryl methyl sites for hydroxylation is 2. The Hall–Kier alpha value is -0.870. The second kappa shape index (κ2) is 5.19. The molecule has 2 rings (SSSR count). The standard InChI is InChI=1S/C13H19NO2S/c1-3-11-9(2)7-12(17-11)13(16)14-6-4-5-10(14)8-15/h7,10,15H,3-6,8H2,1-2H3/t10-/m1/s1. The third-order valence-corrected chi connectivity index (χ3v) is 4.77. The third kappa shape index (κ3) is 2.38. The smallest absolute Gasteiger partial charge is 0.264 e. The summed E-state index contributed by atoms with van der Waals surface area (Å²) in [6.45, 7) is 5.03. The summed E-state index contributed by atoms with van der Waals surface area (Å²) in [4.78, 5) is 16.3. The number of hydrogen-bond donors (Lipinski definition) is 1. The molecular weight excluding hydrogens is 234 g/mol. The average molecular weight is 253 g/mol. The Morgan fingerprint density at radius 3 is 3.00 bits per heavy atom. The number of rotatable bonds is 3. The molecule has 17 heavy (non-hydrogen) atoms. The van der Waals surface area contributed by atoms with Crippen LogP contribution < -0.4 is 0 Å². The molecule has 1 fully saturated rings. The highest BCUT2D eigenvalue weighted by molar-refractivity contribution is 7.14. The van der Waals surface area contributed by atoms with Crippen molar-refractivity contribution in [2.45, 2.75) is 39.2 Å². The van der Waals surface area contributed by atoms with Crippen LogP contribution in [0, 0.1) is 6.92 Å². The summed E-state index contributed by atoms with van der Waals surface area (Å²) in [5.74, 6) is 0.0920. The largest absolute Gasteiger partial charge is 0.394 e. The topological polar surface area (TPSA) is 40.5 Å². The zero-order valence-corrected chi connectivity index (χ0v) is 11.2. The van der Waals surface area contributed by atoms with Gasteiger partial charge in [0.2, 0.25) is 0 Å². The summed E-state index contributed by atoms with van der Waals surface area (Å²) in [6.07, 6.45) is 2.91. The molecule has 1 saturated heterocycles. The minimum absolute atomic E-state index is 0.0231. The van der Waals surface area contributed by atoms with E-state index in [4.69, 9.17) is 0 Å². The molecule has 1 N–H and O–H groups in total. The molecule has 0 spiro atoms. The maximum absolute atomic E-state index is 12.3. The molecule has 1 amide bonds. The summed E-state index contributed by atoms with van der Waals surface area (Å²) >= 11 is 1.59. The molecule has 0 radical (unpaired) electrons. The molecule has 0 aliphatic carbocycles. The Balaban J connectivity index is 2.18. The van der Waals surface area contributed by atoms with Crippen LogP contribution in [0.3, 0.4) is 0 Å². The Bertz CT molecular complexity index is 414. The fraction of sp³-hybridized carbons (Fsp3) is 0.615.